The van der Waals surface area contributed by atoms with Gasteiger partial charge in [-0.3, -0.25) is 25.8 Å². The van der Waals surface area contributed by atoms with Gasteiger partial charge in [0.15, 0.2) is 5.11 Å². The predicted molar refractivity (Wildman–Crippen MR) is 127 cm³/mol. The highest BCUT2D eigenvalue weighted by Gasteiger charge is 2.14. The zero-order valence-corrected chi connectivity index (χ0v) is 20.1. The van der Waals surface area contributed by atoms with Crippen LogP contribution in [-0.4, -0.2) is 30.1 Å². The lowest BCUT2D eigenvalue weighted by Crippen LogP contribution is -2.48. The number of thiocarbonyl (C=S) groups is 1. The third-order valence-corrected chi connectivity index (χ3v) is 4.70. The number of carbonyl (C=O) groups is 2. The quantitative estimate of drug-likeness (QED) is 0.366. The summed E-state index contributed by atoms with van der Waals surface area (Å²) in [6, 6.07) is 11.9. The molecule has 0 aromatic heterocycles. The minimum absolute atomic E-state index is 0.0402. The lowest BCUT2D eigenvalue weighted by atomic mass is 10.2. The summed E-state index contributed by atoms with van der Waals surface area (Å²) in [4.78, 5) is 24.9. The Bertz CT molecular complexity index is 937. The number of rotatable bonds is 8. The highest BCUT2D eigenvalue weighted by molar-refractivity contribution is 9.10. The van der Waals surface area contributed by atoms with Crippen LogP contribution < -0.4 is 25.6 Å². The van der Waals surface area contributed by atoms with E-state index in [2.05, 4.69) is 45.9 Å². The van der Waals surface area contributed by atoms with E-state index < -0.39 is 11.8 Å². The number of hydrazine groups is 1. The molecule has 0 spiro atoms. The van der Waals surface area contributed by atoms with Crippen LogP contribution in [0.5, 0.6) is 11.5 Å². The van der Waals surface area contributed by atoms with Crippen LogP contribution in [0.25, 0.3) is 0 Å². The molecule has 2 rings (SSSR count). The summed E-state index contributed by atoms with van der Waals surface area (Å²) in [6.45, 7) is 7.17. The first-order chi connectivity index (χ1) is 14.8. The molecule has 0 aliphatic rings. The highest BCUT2D eigenvalue weighted by atomic mass is 79.9. The fraction of sp³-hybridized carbons (Fsp3) is 0.318. The first-order valence-corrected chi connectivity index (χ1v) is 11.1. The van der Waals surface area contributed by atoms with Crippen molar-refractivity contribution < 1.29 is 19.1 Å². The molecule has 0 radical (unpaired) electrons. The standard InChI is InChI=1S/C22H26BrN3O4S/c1-4-11-29-18-8-6-5-7-16(18)21(28)25-26-22(31)24-20(27)15-9-10-19(17(23)12-15)30-13-14(2)3/h5-10,12,14H,4,11,13H2,1-3H3,(H,25,28)(H2,24,26,27,31). The summed E-state index contributed by atoms with van der Waals surface area (Å²) in [5.74, 6) is 0.663. The Morgan fingerprint density at radius 3 is 2.45 bits per heavy atom. The Morgan fingerprint density at radius 1 is 1.03 bits per heavy atom. The summed E-state index contributed by atoms with van der Waals surface area (Å²) in [7, 11) is 0. The van der Waals surface area contributed by atoms with Gasteiger partial charge in [0.1, 0.15) is 11.5 Å². The Labute approximate surface area is 196 Å². The largest absolute Gasteiger partial charge is 0.493 e. The van der Waals surface area contributed by atoms with Crippen molar-refractivity contribution in [3.8, 4) is 11.5 Å². The van der Waals surface area contributed by atoms with Gasteiger partial charge in [-0.1, -0.05) is 32.9 Å². The number of hydrogen-bond donors (Lipinski definition) is 3. The molecular weight excluding hydrogens is 482 g/mol. The van der Waals surface area contributed by atoms with Crippen LogP contribution in [-0.2, 0) is 0 Å². The van der Waals surface area contributed by atoms with E-state index in [1.54, 1.807) is 42.5 Å². The molecule has 0 aliphatic heterocycles. The van der Waals surface area contributed by atoms with E-state index in [1.807, 2.05) is 6.92 Å². The maximum atomic E-state index is 12.4. The second-order valence-corrected chi connectivity index (χ2v) is 8.32. The van der Waals surface area contributed by atoms with Gasteiger partial charge in [0.2, 0.25) is 0 Å². The van der Waals surface area contributed by atoms with Crippen molar-refractivity contribution in [1.29, 1.82) is 0 Å². The van der Waals surface area contributed by atoms with Crippen molar-refractivity contribution in [2.24, 2.45) is 5.92 Å². The zero-order chi connectivity index (χ0) is 22.8. The molecular formula is C22H26BrN3O4S. The van der Waals surface area contributed by atoms with Crippen LogP contribution in [0.2, 0.25) is 0 Å². The molecule has 2 aromatic carbocycles. The number of benzene rings is 2. The summed E-state index contributed by atoms with van der Waals surface area (Å²) in [5, 5.41) is 2.48. The first kappa shape index (κ1) is 24.6. The van der Waals surface area contributed by atoms with Crippen molar-refractivity contribution >= 4 is 45.1 Å². The number of hydrogen-bond acceptors (Lipinski definition) is 5. The number of amides is 2. The third kappa shape index (κ3) is 7.84. The van der Waals surface area contributed by atoms with E-state index in [0.29, 0.717) is 46.2 Å². The summed E-state index contributed by atoms with van der Waals surface area (Å²) < 4.78 is 11.9. The molecule has 0 unspecified atom stereocenters. The van der Waals surface area contributed by atoms with E-state index in [9.17, 15) is 9.59 Å². The summed E-state index contributed by atoms with van der Waals surface area (Å²) >= 11 is 8.51. The minimum atomic E-state index is -0.433. The minimum Gasteiger partial charge on any atom is -0.493 e. The maximum absolute atomic E-state index is 12.4. The molecule has 31 heavy (non-hydrogen) atoms. The fourth-order valence-electron chi connectivity index (χ4n) is 2.40. The average Bonchev–Trinajstić information content (AvgIpc) is 2.75. The first-order valence-electron chi connectivity index (χ1n) is 9.87. The topological polar surface area (TPSA) is 88.7 Å². The van der Waals surface area contributed by atoms with Crippen LogP contribution >= 0.6 is 28.1 Å². The Morgan fingerprint density at radius 2 is 1.77 bits per heavy atom. The van der Waals surface area contributed by atoms with Crippen molar-refractivity contribution in [1.82, 2.24) is 16.2 Å². The number of para-hydroxylation sites is 1. The van der Waals surface area contributed by atoms with E-state index in [-0.39, 0.29) is 5.11 Å². The molecule has 9 heteroatoms. The lowest BCUT2D eigenvalue weighted by Gasteiger charge is -2.14. The second kappa shape index (κ2) is 12.3. The van der Waals surface area contributed by atoms with Crippen LogP contribution in [0.1, 0.15) is 47.9 Å². The average molecular weight is 508 g/mol. The molecule has 0 saturated carbocycles. The Hall–Kier alpha value is -2.65. The Kier molecular flexibility index (Phi) is 9.74. The summed E-state index contributed by atoms with van der Waals surface area (Å²) in [5.41, 5.74) is 5.74. The lowest BCUT2D eigenvalue weighted by molar-refractivity contribution is 0.0931. The predicted octanol–water partition coefficient (Wildman–Crippen LogP) is 4.22. The molecule has 0 heterocycles. The van der Waals surface area contributed by atoms with Crippen LogP contribution in [0.15, 0.2) is 46.9 Å². The molecule has 2 amide bonds. The third-order valence-electron chi connectivity index (χ3n) is 3.88. The van der Waals surface area contributed by atoms with Gasteiger partial charge < -0.3 is 9.47 Å². The molecule has 0 bridgehead atoms. The molecule has 0 saturated heterocycles. The van der Waals surface area contributed by atoms with Crippen molar-refractivity contribution in [3.05, 3.63) is 58.1 Å². The van der Waals surface area contributed by atoms with Gasteiger partial charge in [-0.05, 0) is 70.8 Å². The smallest absolute Gasteiger partial charge is 0.273 e. The highest BCUT2D eigenvalue weighted by Crippen LogP contribution is 2.26. The van der Waals surface area contributed by atoms with Crippen LogP contribution in [0, 0.1) is 5.92 Å². The van der Waals surface area contributed by atoms with E-state index >= 15 is 0 Å². The Balaban J connectivity index is 1.91. The molecule has 0 fully saturated rings. The molecule has 0 atom stereocenters. The van der Waals surface area contributed by atoms with E-state index in [1.165, 1.54) is 0 Å². The van der Waals surface area contributed by atoms with Gasteiger partial charge in [-0.2, -0.15) is 0 Å². The molecule has 3 N–H and O–H groups in total. The van der Waals surface area contributed by atoms with Gasteiger partial charge >= 0.3 is 0 Å². The summed E-state index contributed by atoms with van der Waals surface area (Å²) in [6.07, 6.45) is 0.825. The van der Waals surface area contributed by atoms with Crippen LogP contribution in [0.4, 0.5) is 0 Å². The van der Waals surface area contributed by atoms with E-state index in [0.717, 1.165) is 6.42 Å². The maximum Gasteiger partial charge on any atom is 0.273 e. The van der Waals surface area contributed by atoms with Gasteiger partial charge in [-0.15, -0.1) is 0 Å². The monoisotopic (exact) mass is 507 g/mol. The van der Waals surface area contributed by atoms with Gasteiger partial charge in [-0.25, -0.2) is 0 Å². The SMILES string of the molecule is CCCOc1ccccc1C(=O)NNC(=S)NC(=O)c1ccc(OCC(C)C)c(Br)c1. The molecule has 0 aliphatic carbocycles. The molecule has 2 aromatic rings. The second-order valence-electron chi connectivity index (χ2n) is 7.06. The number of nitrogens with one attached hydrogen (secondary N) is 3. The van der Waals surface area contributed by atoms with Gasteiger partial charge in [0.05, 0.1) is 23.2 Å². The molecule has 166 valence electrons. The normalized spacial score (nSPS) is 10.4. The van der Waals surface area contributed by atoms with Crippen molar-refractivity contribution in [2.45, 2.75) is 27.2 Å². The van der Waals surface area contributed by atoms with Gasteiger partial charge in [0.25, 0.3) is 11.8 Å². The molecule has 7 nitrogen and oxygen atoms in total. The van der Waals surface area contributed by atoms with Crippen molar-refractivity contribution in [3.63, 3.8) is 0 Å². The van der Waals surface area contributed by atoms with Crippen molar-refractivity contribution in [2.75, 3.05) is 13.2 Å². The number of ether oxygens (including phenoxy) is 2. The fourth-order valence-corrected chi connectivity index (χ4v) is 3.03. The van der Waals surface area contributed by atoms with Crippen LogP contribution in [0.3, 0.4) is 0 Å². The van der Waals surface area contributed by atoms with Gasteiger partial charge in [0, 0.05) is 5.56 Å². The number of halogens is 1. The number of carbonyl (C=O) groups excluding carboxylic acids is 2. The van der Waals surface area contributed by atoms with E-state index in [4.69, 9.17) is 21.7 Å². The zero-order valence-electron chi connectivity index (χ0n) is 17.7.